The van der Waals surface area contributed by atoms with Crippen LogP contribution in [0, 0.1) is 0 Å². The number of anilines is 1. The molecule has 0 aliphatic carbocycles. The van der Waals surface area contributed by atoms with Crippen molar-refractivity contribution in [2.45, 2.75) is 24.2 Å². The molecule has 3 aromatic carbocycles. The smallest absolute Gasteiger partial charge is 0.262 e. The van der Waals surface area contributed by atoms with Gasteiger partial charge in [0.05, 0.1) is 4.90 Å². The Labute approximate surface area is 199 Å². The van der Waals surface area contributed by atoms with Gasteiger partial charge in [-0.05, 0) is 55.3 Å². The van der Waals surface area contributed by atoms with Crippen LogP contribution in [0.5, 0.6) is 5.75 Å². The predicted molar refractivity (Wildman–Crippen MR) is 129 cm³/mol. The minimum Gasteiger partial charge on any atom is -0.484 e. The number of nitrogens with zero attached hydrogens (tertiary/aromatic N) is 1. The topological polar surface area (TPSA) is 92.8 Å². The molecule has 1 amide bonds. The van der Waals surface area contributed by atoms with Gasteiger partial charge >= 0.3 is 0 Å². The molecule has 1 heterocycles. The van der Waals surface area contributed by atoms with Gasteiger partial charge in [-0.3, -0.25) is 9.59 Å². The fourth-order valence-corrected chi connectivity index (χ4v) is 5.36. The second-order valence-electron chi connectivity index (χ2n) is 8.05. The summed E-state index contributed by atoms with van der Waals surface area (Å²) >= 11 is 0. The lowest BCUT2D eigenvalue weighted by atomic mass is 10.0. The molecule has 8 heteroatoms. The first-order valence-corrected chi connectivity index (χ1v) is 12.6. The van der Waals surface area contributed by atoms with Crippen LogP contribution in [0.3, 0.4) is 0 Å². The van der Waals surface area contributed by atoms with E-state index in [4.69, 9.17) is 4.74 Å². The summed E-state index contributed by atoms with van der Waals surface area (Å²) in [6.07, 6.45) is 2.75. The summed E-state index contributed by atoms with van der Waals surface area (Å²) in [5, 5.41) is 2.68. The molecular formula is C26H26N2O5S. The summed E-state index contributed by atoms with van der Waals surface area (Å²) in [5.74, 6) is -0.0672. The number of hydrogen-bond donors (Lipinski definition) is 1. The molecule has 0 aromatic heterocycles. The van der Waals surface area contributed by atoms with Crippen LogP contribution in [0.15, 0.2) is 83.8 Å². The van der Waals surface area contributed by atoms with Crippen molar-refractivity contribution >= 4 is 27.4 Å². The predicted octanol–water partition coefficient (Wildman–Crippen LogP) is 4.11. The molecule has 1 aliphatic heterocycles. The third-order valence-corrected chi connectivity index (χ3v) is 7.49. The minimum absolute atomic E-state index is 0.0933. The monoisotopic (exact) mass is 478 g/mol. The first-order valence-electron chi connectivity index (χ1n) is 11.2. The normalized spacial score (nSPS) is 14.4. The molecule has 7 nitrogen and oxygen atoms in total. The average molecular weight is 479 g/mol. The van der Waals surface area contributed by atoms with Crippen LogP contribution < -0.4 is 10.1 Å². The van der Waals surface area contributed by atoms with Crippen LogP contribution in [0.1, 0.15) is 35.2 Å². The van der Waals surface area contributed by atoms with Crippen LogP contribution in [0.25, 0.3) is 0 Å². The van der Waals surface area contributed by atoms with E-state index in [0.717, 1.165) is 19.3 Å². The van der Waals surface area contributed by atoms with Crippen molar-refractivity contribution < 1.29 is 22.7 Å². The van der Waals surface area contributed by atoms with Gasteiger partial charge in [-0.2, -0.15) is 4.31 Å². The number of benzene rings is 3. The Morgan fingerprint density at radius 2 is 1.50 bits per heavy atom. The van der Waals surface area contributed by atoms with Crippen LogP contribution in [0.4, 0.5) is 5.69 Å². The third kappa shape index (κ3) is 5.70. The molecule has 1 saturated heterocycles. The standard InChI is InChI=1S/C26H26N2O5S/c29-25(19-33-23-14-12-21(13-15-23)26(30)20-8-3-1-4-9-20)27-22-10-7-11-24(18-22)34(31,32)28-16-5-2-6-17-28/h1,3-4,7-15,18H,2,5-6,16-17,19H2,(H,27,29). The number of carbonyl (C=O) groups is 2. The lowest BCUT2D eigenvalue weighted by Crippen LogP contribution is -2.35. The van der Waals surface area contributed by atoms with Gasteiger partial charge in [0.15, 0.2) is 12.4 Å². The van der Waals surface area contributed by atoms with Gasteiger partial charge in [0, 0.05) is 29.9 Å². The molecule has 0 atom stereocenters. The van der Waals surface area contributed by atoms with Gasteiger partial charge in [-0.15, -0.1) is 0 Å². The highest BCUT2D eigenvalue weighted by atomic mass is 32.2. The van der Waals surface area contributed by atoms with Crippen LogP contribution in [-0.2, 0) is 14.8 Å². The molecule has 0 spiro atoms. The third-order valence-electron chi connectivity index (χ3n) is 5.59. The Hall–Kier alpha value is -3.49. The van der Waals surface area contributed by atoms with Crippen molar-refractivity contribution in [3.05, 3.63) is 90.0 Å². The molecule has 1 fully saturated rings. The maximum absolute atomic E-state index is 12.9. The summed E-state index contributed by atoms with van der Waals surface area (Å²) in [4.78, 5) is 25.0. The highest BCUT2D eigenvalue weighted by molar-refractivity contribution is 7.89. The molecule has 4 rings (SSSR count). The van der Waals surface area contributed by atoms with Gasteiger partial charge in [0.25, 0.3) is 5.91 Å². The van der Waals surface area contributed by atoms with E-state index in [1.165, 1.54) is 16.4 Å². The highest BCUT2D eigenvalue weighted by Gasteiger charge is 2.26. The lowest BCUT2D eigenvalue weighted by Gasteiger charge is -2.26. The number of ether oxygens (including phenoxy) is 1. The van der Waals surface area contributed by atoms with E-state index in [2.05, 4.69) is 5.32 Å². The molecule has 0 unspecified atom stereocenters. The van der Waals surface area contributed by atoms with E-state index in [9.17, 15) is 18.0 Å². The molecule has 176 valence electrons. The fourth-order valence-electron chi connectivity index (χ4n) is 3.79. The zero-order valence-electron chi connectivity index (χ0n) is 18.6. The van der Waals surface area contributed by atoms with Crippen LogP contribution >= 0.6 is 0 Å². The molecule has 0 saturated carbocycles. The Morgan fingerprint density at radius 1 is 0.824 bits per heavy atom. The number of sulfonamides is 1. The Bertz CT molecular complexity index is 1250. The van der Waals surface area contributed by atoms with E-state index in [1.54, 1.807) is 48.5 Å². The van der Waals surface area contributed by atoms with E-state index in [0.29, 0.717) is 35.7 Å². The van der Waals surface area contributed by atoms with E-state index >= 15 is 0 Å². The zero-order chi connectivity index (χ0) is 24.0. The van der Waals surface area contributed by atoms with Gasteiger partial charge in [-0.25, -0.2) is 8.42 Å². The largest absolute Gasteiger partial charge is 0.484 e. The second kappa shape index (κ2) is 10.6. The van der Waals surface area contributed by atoms with Gasteiger partial charge in [-0.1, -0.05) is 42.8 Å². The zero-order valence-corrected chi connectivity index (χ0v) is 19.5. The molecule has 0 bridgehead atoms. The molecule has 1 N–H and O–H groups in total. The summed E-state index contributed by atoms with van der Waals surface area (Å²) < 4.78 is 32.7. The van der Waals surface area contributed by atoms with Crippen molar-refractivity contribution in [1.82, 2.24) is 4.31 Å². The number of rotatable bonds is 8. The van der Waals surface area contributed by atoms with E-state index < -0.39 is 15.9 Å². The number of carbonyl (C=O) groups excluding carboxylic acids is 2. The SMILES string of the molecule is O=C(COc1ccc(C(=O)c2ccccc2)cc1)Nc1cccc(S(=O)(=O)N2CCCCC2)c1. The average Bonchev–Trinajstić information content (AvgIpc) is 2.88. The van der Waals surface area contributed by atoms with E-state index in [1.807, 2.05) is 18.2 Å². The van der Waals surface area contributed by atoms with Crippen LogP contribution in [0.2, 0.25) is 0 Å². The first kappa shape index (κ1) is 23.7. The molecule has 1 aliphatic rings. The van der Waals surface area contributed by atoms with Gasteiger partial charge in [0.2, 0.25) is 10.0 Å². The van der Waals surface area contributed by atoms with Crippen LogP contribution in [-0.4, -0.2) is 44.1 Å². The second-order valence-corrected chi connectivity index (χ2v) is 9.99. The summed E-state index contributed by atoms with van der Waals surface area (Å²) in [6, 6.07) is 21.8. The van der Waals surface area contributed by atoms with Crippen molar-refractivity contribution in [3.8, 4) is 5.75 Å². The molecule has 3 aromatic rings. The minimum atomic E-state index is -3.58. The highest BCUT2D eigenvalue weighted by Crippen LogP contribution is 2.23. The quantitative estimate of drug-likeness (QED) is 0.492. The molecular weight excluding hydrogens is 452 g/mol. The van der Waals surface area contributed by atoms with Crippen molar-refractivity contribution in [2.24, 2.45) is 0 Å². The van der Waals surface area contributed by atoms with Gasteiger partial charge < -0.3 is 10.1 Å². The fraction of sp³-hybridized carbons (Fsp3) is 0.231. The first-order chi connectivity index (χ1) is 16.4. The van der Waals surface area contributed by atoms with Crippen molar-refractivity contribution in [2.75, 3.05) is 25.0 Å². The maximum Gasteiger partial charge on any atom is 0.262 e. The van der Waals surface area contributed by atoms with Gasteiger partial charge in [0.1, 0.15) is 5.75 Å². The molecule has 34 heavy (non-hydrogen) atoms. The number of nitrogens with one attached hydrogen (secondary N) is 1. The Balaban J connectivity index is 1.34. The summed E-state index contributed by atoms with van der Waals surface area (Å²) in [6.45, 7) is 0.778. The van der Waals surface area contributed by atoms with Crippen molar-refractivity contribution in [1.29, 1.82) is 0 Å². The number of hydrogen-bond acceptors (Lipinski definition) is 5. The maximum atomic E-state index is 12.9. The van der Waals surface area contributed by atoms with E-state index in [-0.39, 0.29) is 17.3 Å². The number of amides is 1. The Kier molecular flexibility index (Phi) is 7.40. The lowest BCUT2D eigenvalue weighted by molar-refractivity contribution is -0.118. The summed E-state index contributed by atoms with van der Waals surface area (Å²) in [5.41, 5.74) is 1.50. The molecule has 0 radical (unpaired) electrons. The Morgan fingerprint density at radius 3 is 2.21 bits per heavy atom. The van der Waals surface area contributed by atoms with Crippen molar-refractivity contribution in [3.63, 3.8) is 0 Å². The summed E-state index contributed by atoms with van der Waals surface area (Å²) in [7, 11) is -3.58. The number of piperidine rings is 1. The number of ketones is 1.